The van der Waals surface area contributed by atoms with Crippen LogP contribution in [0.25, 0.3) is 0 Å². The van der Waals surface area contributed by atoms with Gasteiger partial charge in [0.05, 0.1) is 57.1 Å². The molecule has 14 nitrogen and oxygen atoms in total. The minimum absolute atomic E-state index is 0. The average Bonchev–Trinajstić information content (AvgIpc) is 0.796. The van der Waals surface area contributed by atoms with Crippen LogP contribution in [-0.2, 0) is 39.2 Å². The second-order valence-corrected chi connectivity index (χ2v) is 37.3. The van der Waals surface area contributed by atoms with Crippen molar-refractivity contribution in [1.82, 2.24) is 0 Å². The maximum Gasteiger partial charge on any atom is 2.00 e. The van der Waals surface area contributed by atoms with Crippen LogP contribution < -0.4 is 0 Å². The molecule has 692 valence electrons. The van der Waals surface area contributed by atoms with Crippen LogP contribution in [0.2, 0.25) is 0 Å². The zero-order valence-electron chi connectivity index (χ0n) is 78.1. The molecule has 0 radical (unpaired) electrons. The van der Waals surface area contributed by atoms with Crippen molar-refractivity contribution in [2.24, 2.45) is 0 Å². The van der Waals surface area contributed by atoms with Crippen molar-refractivity contribution in [3.8, 4) is 0 Å². The summed E-state index contributed by atoms with van der Waals surface area (Å²) in [6, 6.07) is 7.03. The van der Waals surface area contributed by atoms with Gasteiger partial charge >= 0.3 is 61.6 Å². The third kappa shape index (κ3) is 73.0. The molecule has 0 saturated carbocycles. The maximum atomic E-state index is 13.0. The molecule has 2 rings (SSSR count). The number of esters is 4. The van der Waals surface area contributed by atoms with E-state index in [1.54, 1.807) is 24.3 Å². The first kappa shape index (κ1) is 117. The third-order valence-electron chi connectivity index (χ3n) is 23.4. The summed E-state index contributed by atoms with van der Waals surface area (Å²) in [6.07, 6.45) is 109. The molecule has 0 spiro atoms. The van der Waals surface area contributed by atoms with E-state index in [9.17, 15) is 45.1 Å². The van der Waals surface area contributed by atoms with Crippen LogP contribution in [0.15, 0.2) is 95.5 Å². The largest absolute Gasteiger partial charge is 2.00 e. The van der Waals surface area contributed by atoms with Crippen LogP contribution in [-0.4, -0.2) is 87.6 Å². The first-order valence-corrected chi connectivity index (χ1v) is 53.1. The summed E-state index contributed by atoms with van der Waals surface area (Å²) >= 11 is 0. The number of hydrogen-bond acceptors (Lipinski definition) is 14. The number of benzene rings is 2. The molecule has 0 heterocycles. The van der Waals surface area contributed by atoms with Gasteiger partial charge in [0.15, 0.2) is 0 Å². The Morgan fingerprint density at radius 2 is 0.372 bits per heavy atom. The van der Waals surface area contributed by atoms with Crippen LogP contribution in [0.5, 0.6) is 0 Å². The first-order valence-electron chi connectivity index (χ1n) is 50.3. The van der Waals surface area contributed by atoms with Crippen LogP contribution in [0.1, 0.15) is 557 Å². The van der Waals surface area contributed by atoms with Gasteiger partial charge in [-0.15, -0.1) is 0 Å². The van der Waals surface area contributed by atoms with E-state index in [2.05, 4.69) is 27.7 Å². The number of unbranched alkanes of at least 4 members (excludes halogenated alkanes) is 72. The van der Waals surface area contributed by atoms with Gasteiger partial charge in [-0.1, -0.05) is 476 Å². The molecule has 17 heteroatoms. The Hall–Kier alpha value is -3.64. The van der Waals surface area contributed by atoms with Gasteiger partial charge in [-0.05, 0) is 99.9 Å². The topological polar surface area (TPSA) is 220 Å². The van der Waals surface area contributed by atoms with E-state index in [1.165, 1.54) is 460 Å². The summed E-state index contributed by atoms with van der Waals surface area (Å²) < 4.78 is 92.9. The Labute approximate surface area is 773 Å². The molecular formula is C104H178CaO14S2. The van der Waals surface area contributed by atoms with E-state index in [0.717, 1.165) is 76.3 Å². The van der Waals surface area contributed by atoms with Crippen molar-refractivity contribution in [1.29, 1.82) is 0 Å². The minimum atomic E-state index is -5.06. The van der Waals surface area contributed by atoms with E-state index < -0.39 is 65.0 Å². The normalized spacial score (nSPS) is 11.8. The van der Waals surface area contributed by atoms with Crippen molar-refractivity contribution in [2.45, 2.75) is 525 Å². The van der Waals surface area contributed by atoms with Crippen LogP contribution in [0, 0.1) is 0 Å². The van der Waals surface area contributed by atoms with Gasteiger partial charge in [-0.2, -0.15) is 0 Å². The zero-order valence-corrected chi connectivity index (χ0v) is 81.9. The number of carbonyl (C=O) groups excluding carboxylic acids is 4. The summed E-state index contributed by atoms with van der Waals surface area (Å²) in [6.45, 7) is 9.08. The number of carbonyl (C=O) groups is 4. The molecule has 0 aliphatic heterocycles. The molecule has 0 unspecified atom stereocenters. The van der Waals surface area contributed by atoms with Crippen molar-refractivity contribution >= 4 is 81.9 Å². The van der Waals surface area contributed by atoms with E-state index in [0.29, 0.717) is 12.8 Å². The molecule has 121 heavy (non-hydrogen) atoms. The van der Waals surface area contributed by atoms with Crippen molar-refractivity contribution in [3.05, 3.63) is 108 Å². The predicted octanol–water partition coefficient (Wildman–Crippen LogP) is 33.2. The Kier molecular flexibility index (Phi) is 85.7. The van der Waals surface area contributed by atoms with Crippen LogP contribution >= 0.6 is 0 Å². The van der Waals surface area contributed by atoms with Crippen LogP contribution in [0.3, 0.4) is 0 Å². The Morgan fingerprint density at radius 1 is 0.231 bits per heavy atom. The van der Waals surface area contributed by atoms with E-state index in [4.69, 9.17) is 18.9 Å². The van der Waals surface area contributed by atoms with Gasteiger partial charge in [-0.3, -0.25) is 0 Å². The quantitative estimate of drug-likeness (QED) is 0.0150. The summed E-state index contributed by atoms with van der Waals surface area (Å²) in [5.41, 5.74) is -1.86. The second kappa shape index (κ2) is 88.4. The van der Waals surface area contributed by atoms with Crippen molar-refractivity contribution < 1.29 is 64.1 Å². The van der Waals surface area contributed by atoms with Gasteiger partial charge in [0, 0.05) is 0 Å². The average molecular weight is 1760 g/mol. The van der Waals surface area contributed by atoms with Crippen molar-refractivity contribution in [2.75, 3.05) is 0 Å². The summed E-state index contributed by atoms with van der Waals surface area (Å²) in [5, 5.41) is 0. The SMILES string of the molecule is CCCCCCCCCCCCCCCCCCCC/C=C/OC(=O)c1cccc(S(=O)(=O)[O-])c1C(=O)O/C=C/CCCCCCCCCCCCCCCCCCCC.CCCCCCCCCCCCCCCCCCCC/C=C/OC(=O)c1cccc(S(=O)(=O)[O-])c1C(=O)O/C=C/CCCCCCCCCCCCCCCCCCCC.[Ca+2]. The standard InChI is InChI=1S/2C52H90O7S.Ca/c2*1-3-5-7-9-11-13-15-17-19-21-23-25-27-29-31-33-35-37-39-41-46-58-51(53)48-44-43-45-49(60(55,56)57)50(48)52(54)59-47-42-40-38-36-34-32-30-28-26-24-22-20-18-16-14-12-10-8-6-4-2;/h2*41-47H,3-40H2,1-2H3,(H,55,56,57);/q;;+2/p-2/b2*46-41+,47-42+;. The fourth-order valence-electron chi connectivity index (χ4n) is 15.9. The number of hydrogen-bond donors (Lipinski definition) is 0. The predicted molar refractivity (Wildman–Crippen MR) is 506 cm³/mol. The first-order chi connectivity index (χ1) is 58.6. The van der Waals surface area contributed by atoms with Gasteiger partial charge in [0.1, 0.15) is 20.2 Å². The molecular weight excluding hydrogens is 1580 g/mol. The Bertz CT molecular complexity index is 2880. The molecule has 2 aromatic rings. The Morgan fingerprint density at radius 3 is 0.521 bits per heavy atom. The molecule has 0 aliphatic carbocycles. The number of allylic oxidation sites excluding steroid dienone is 4. The molecule has 0 bridgehead atoms. The van der Waals surface area contributed by atoms with Gasteiger partial charge in [0.25, 0.3) is 0 Å². The molecule has 0 aliphatic rings. The van der Waals surface area contributed by atoms with Crippen LogP contribution in [0.4, 0.5) is 0 Å². The smallest absolute Gasteiger partial charge is 0.744 e. The molecule has 0 atom stereocenters. The van der Waals surface area contributed by atoms with Crippen molar-refractivity contribution in [3.63, 3.8) is 0 Å². The summed E-state index contributed by atoms with van der Waals surface area (Å²) in [5.74, 6) is -4.03. The molecule has 0 N–H and O–H groups in total. The summed E-state index contributed by atoms with van der Waals surface area (Å²) in [7, 11) is -10.1. The van der Waals surface area contributed by atoms with E-state index in [-0.39, 0.29) is 48.9 Å². The third-order valence-corrected chi connectivity index (χ3v) is 25.2. The fourth-order valence-corrected chi connectivity index (χ4v) is 17.2. The maximum absolute atomic E-state index is 13.0. The fraction of sp³-hybridized carbons (Fsp3) is 0.769. The van der Waals surface area contributed by atoms with Gasteiger partial charge in [-0.25, -0.2) is 36.0 Å². The second-order valence-electron chi connectivity index (χ2n) is 34.6. The molecule has 0 amide bonds. The monoisotopic (exact) mass is 1760 g/mol. The minimum Gasteiger partial charge on any atom is -0.744 e. The molecule has 0 saturated heterocycles. The summed E-state index contributed by atoms with van der Waals surface area (Å²) in [4.78, 5) is 50.2. The van der Waals surface area contributed by atoms with Gasteiger partial charge in [0.2, 0.25) is 0 Å². The molecule has 0 aromatic heterocycles. The van der Waals surface area contributed by atoms with E-state index in [1.807, 2.05) is 0 Å². The number of ether oxygens (including phenoxy) is 4. The van der Waals surface area contributed by atoms with E-state index >= 15 is 0 Å². The molecule has 0 fully saturated rings. The van der Waals surface area contributed by atoms with Gasteiger partial charge < -0.3 is 28.1 Å². The molecule has 2 aromatic carbocycles. The number of rotatable bonds is 86. The Balaban J connectivity index is 0.00000236. The zero-order chi connectivity index (χ0) is 87.2.